The van der Waals surface area contributed by atoms with Gasteiger partial charge in [-0.15, -0.1) is 0 Å². The van der Waals surface area contributed by atoms with Crippen LogP contribution in [0.15, 0.2) is 12.1 Å². The first-order valence-corrected chi connectivity index (χ1v) is 5.19. The van der Waals surface area contributed by atoms with Crippen molar-refractivity contribution in [2.24, 2.45) is 0 Å². The number of alkyl halides is 3. The first kappa shape index (κ1) is 15.2. The summed E-state index contributed by atoms with van der Waals surface area (Å²) >= 11 is 0. The highest BCUT2D eigenvalue weighted by Crippen LogP contribution is 2.21. The minimum atomic E-state index is -2.93. The largest absolute Gasteiger partial charge is 0.477 e. The van der Waals surface area contributed by atoms with Gasteiger partial charge in [-0.3, -0.25) is 4.39 Å². The smallest absolute Gasteiger partial charge is 0.341 e. The van der Waals surface area contributed by atoms with Crippen LogP contribution in [0.2, 0.25) is 0 Å². The van der Waals surface area contributed by atoms with E-state index >= 15 is 0 Å². The Balaban J connectivity index is 3.00. The number of aromatic carboxylic acids is 1. The molecule has 0 amide bonds. The molecule has 0 aliphatic heterocycles. The van der Waals surface area contributed by atoms with Crippen LogP contribution in [0.4, 0.5) is 27.6 Å². The second-order valence-electron chi connectivity index (χ2n) is 3.68. The minimum Gasteiger partial charge on any atom is -0.477 e. The molecule has 1 rings (SSSR count). The van der Waals surface area contributed by atoms with Crippen LogP contribution >= 0.6 is 0 Å². The average Bonchev–Trinajstić information content (AvgIpc) is 2.26. The summed E-state index contributed by atoms with van der Waals surface area (Å²) in [5.41, 5.74) is -1.55. The normalized spacial score (nSPS) is 12.5. The molecule has 3 nitrogen and oxygen atoms in total. The van der Waals surface area contributed by atoms with E-state index in [0.29, 0.717) is 12.1 Å². The number of hydrogen-bond acceptors (Lipinski definition) is 2. The third kappa shape index (κ3) is 3.80. The Hall–Kier alpha value is -1.86. The van der Waals surface area contributed by atoms with Gasteiger partial charge >= 0.3 is 5.97 Å². The van der Waals surface area contributed by atoms with Gasteiger partial charge in [-0.25, -0.2) is 22.4 Å². The molecule has 0 bridgehead atoms. The maximum atomic E-state index is 13.3. The van der Waals surface area contributed by atoms with Crippen LogP contribution in [-0.4, -0.2) is 30.2 Å². The predicted molar refractivity (Wildman–Crippen MR) is 57.3 cm³/mol. The Kier molecular flexibility index (Phi) is 5.08. The van der Waals surface area contributed by atoms with Crippen LogP contribution in [0.3, 0.4) is 0 Å². The number of carboxylic acids is 1. The van der Waals surface area contributed by atoms with Crippen molar-refractivity contribution in [3.63, 3.8) is 0 Å². The van der Waals surface area contributed by atoms with Crippen molar-refractivity contribution >= 4 is 11.7 Å². The first-order chi connectivity index (χ1) is 8.86. The molecule has 1 aromatic rings. The lowest BCUT2D eigenvalue weighted by Gasteiger charge is -2.18. The number of benzene rings is 1. The van der Waals surface area contributed by atoms with E-state index in [4.69, 9.17) is 5.11 Å². The molecule has 8 heteroatoms. The SMILES string of the molecule is O=C(O)c1c(F)cc(NC(CCF)C(F)F)cc1F. The van der Waals surface area contributed by atoms with Gasteiger partial charge in [-0.2, -0.15) is 0 Å². The van der Waals surface area contributed by atoms with Crippen molar-refractivity contribution in [1.82, 2.24) is 0 Å². The number of nitrogens with one attached hydrogen (secondary N) is 1. The van der Waals surface area contributed by atoms with E-state index in [1.807, 2.05) is 0 Å². The number of halogens is 5. The lowest BCUT2D eigenvalue weighted by atomic mass is 10.1. The number of carboxylic acid groups (broad SMARTS) is 1. The van der Waals surface area contributed by atoms with E-state index in [2.05, 4.69) is 5.32 Å². The molecule has 0 aliphatic rings. The number of carbonyl (C=O) groups is 1. The van der Waals surface area contributed by atoms with E-state index < -0.39 is 48.7 Å². The molecule has 0 heterocycles. The minimum absolute atomic E-state index is 0.376. The molecule has 0 fully saturated rings. The number of anilines is 1. The fourth-order valence-corrected chi connectivity index (χ4v) is 1.45. The maximum absolute atomic E-state index is 13.3. The quantitative estimate of drug-likeness (QED) is 0.789. The van der Waals surface area contributed by atoms with Gasteiger partial charge in [0.25, 0.3) is 6.43 Å². The van der Waals surface area contributed by atoms with Crippen molar-refractivity contribution in [3.8, 4) is 0 Å². The average molecular weight is 283 g/mol. The lowest BCUT2D eigenvalue weighted by molar-refractivity contribution is 0.0686. The Morgan fingerprint density at radius 1 is 1.26 bits per heavy atom. The summed E-state index contributed by atoms with van der Waals surface area (Å²) in [6.07, 6.45) is -3.47. The van der Waals surface area contributed by atoms with Crippen molar-refractivity contribution in [2.45, 2.75) is 18.9 Å². The van der Waals surface area contributed by atoms with Crippen LogP contribution in [0.25, 0.3) is 0 Å². The van der Waals surface area contributed by atoms with E-state index in [0.717, 1.165) is 0 Å². The van der Waals surface area contributed by atoms with Gasteiger partial charge < -0.3 is 10.4 Å². The van der Waals surface area contributed by atoms with Crippen LogP contribution in [0, 0.1) is 11.6 Å². The summed E-state index contributed by atoms with van der Waals surface area (Å²) in [5.74, 6) is -4.61. The summed E-state index contributed by atoms with van der Waals surface area (Å²) in [4.78, 5) is 10.5. The molecule has 2 N–H and O–H groups in total. The van der Waals surface area contributed by atoms with E-state index in [-0.39, 0.29) is 5.69 Å². The molecule has 0 aromatic heterocycles. The molecule has 0 aliphatic carbocycles. The number of rotatable bonds is 6. The molecule has 0 radical (unpaired) electrons. The molecule has 19 heavy (non-hydrogen) atoms. The highest BCUT2D eigenvalue weighted by atomic mass is 19.3. The highest BCUT2D eigenvalue weighted by molar-refractivity contribution is 5.88. The third-order valence-electron chi connectivity index (χ3n) is 2.33. The highest BCUT2D eigenvalue weighted by Gasteiger charge is 2.22. The topological polar surface area (TPSA) is 49.3 Å². The molecule has 1 atom stereocenters. The Morgan fingerprint density at radius 2 is 1.79 bits per heavy atom. The van der Waals surface area contributed by atoms with Gasteiger partial charge in [0.05, 0.1) is 12.7 Å². The summed E-state index contributed by atoms with van der Waals surface area (Å²) < 4.78 is 63.5. The van der Waals surface area contributed by atoms with Crippen molar-refractivity contribution in [2.75, 3.05) is 12.0 Å². The Bertz CT molecular complexity index is 443. The molecule has 1 aromatic carbocycles. The molecule has 1 unspecified atom stereocenters. The van der Waals surface area contributed by atoms with Crippen LogP contribution in [-0.2, 0) is 0 Å². The van der Waals surface area contributed by atoms with Crippen molar-refractivity contribution in [3.05, 3.63) is 29.3 Å². The van der Waals surface area contributed by atoms with E-state index in [1.165, 1.54) is 0 Å². The third-order valence-corrected chi connectivity index (χ3v) is 2.33. The van der Waals surface area contributed by atoms with Crippen LogP contribution in [0.5, 0.6) is 0 Å². The molecule has 106 valence electrons. The second kappa shape index (κ2) is 6.35. The van der Waals surface area contributed by atoms with Gasteiger partial charge in [0.15, 0.2) is 0 Å². The zero-order valence-electron chi connectivity index (χ0n) is 9.47. The molecule has 0 saturated heterocycles. The molecule has 0 saturated carbocycles. The molecule has 0 spiro atoms. The molecular weight excluding hydrogens is 273 g/mol. The lowest BCUT2D eigenvalue weighted by Crippen LogP contribution is -2.28. The predicted octanol–water partition coefficient (Wildman–Crippen LogP) is 3.07. The maximum Gasteiger partial charge on any atom is 0.341 e. The number of hydrogen-bond donors (Lipinski definition) is 2. The summed E-state index contributed by atoms with van der Waals surface area (Å²) in [5, 5.41) is 10.6. The summed E-state index contributed by atoms with van der Waals surface area (Å²) in [6.45, 7) is -1.03. The monoisotopic (exact) mass is 283 g/mol. The van der Waals surface area contributed by atoms with Gasteiger partial charge in [0.1, 0.15) is 17.2 Å². The van der Waals surface area contributed by atoms with Crippen LogP contribution in [0.1, 0.15) is 16.8 Å². The zero-order chi connectivity index (χ0) is 14.6. The van der Waals surface area contributed by atoms with Gasteiger partial charge in [-0.1, -0.05) is 0 Å². The summed E-state index contributed by atoms with van der Waals surface area (Å²) in [6, 6.07) is -0.472. The van der Waals surface area contributed by atoms with Gasteiger partial charge in [0, 0.05) is 12.1 Å². The fraction of sp³-hybridized carbons (Fsp3) is 0.364. The first-order valence-electron chi connectivity index (χ1n) is 5.19. The van der Waals surface area contributed by atoms with E-state index in [1.54, 1.807) is 0 Å². The fourth-order valence-electron chi connectivity index (χ4n) is 1.45. The van der Waals surface area contributed by atoms with Crippen LogP contribution < -0.4 is 5.32 Å². The van der Waals surface area contributed by atoms with Crippen molar-refractivity contribution in [1.29, 1.82) is 0 Å². The summed E-state index contributed by atoms with van der Waals surface area (Å²) in [7, 11) is 0. The van der Waals surface area contributed by atoms with Gasteiger partial charge in [0.2, 0.25) is 0 Å². The zero-order valence-corrected chi connectivity index (χ0v) is 9.47. The molecular formula is C11H10F5NO2. The Morgan fingerprint density at radius 3 is 2.16 bits per heavy atom. The Labute approximate surface area is 105 Å². The van der Waals surface area contributed by atoms with Crippen molar-refractivity contribution < 1.29 is 31.9 Å². The van der Waals surface area contributed by atoms with Gasteiger partial charge in [-0.05, 0) is 12.1 Å². The second-order valence-corrected chi connectivity index (χ2v) is 3.68. The standard InChI is InChI=1S/C11H10F5NO2/c12-2-1-8(10(15)16)17-5-3-6(13)9(11(18)19)7(14)4-5/h3-4,8,10,17H,1-2H2,(H,18,19). The van der Waals surface area contributed by atoms with E-state index in [9.17, 15) is 26.7 Å².